The Morgan fingerprint density at radius 1 is 0.833 bits per heavy atom. The summed E-state index contributed by atoms with van der Waals surface area (Å²) in [6, 6.07) is 16.4. The van der Waals surface area contributed by atoms with Crippen LogP contribution in [-0.2, 0) is 4.79 Å². The van der Waals surface area contributed by atoms with E-state index in [1.807, 2.05) is 44.2 Å². The smallest absolute Gasteiger partial charge is 0.268 e. The molecule has 1 saturated heterocycles. The highest BCUT2D eigenvalue weighted by atomic mass is 32.2. The Morgan fingerprint density at radius 3 is 2.00 bits per heavy atom. The number of anilines is 1. The van der Waals surface area contributed by atoms with E-state index in [4.69, 9.17) is 4.99 Å². The number of hydrogen-bond acceptors (Lipinski definition) is 4. The van der Waals surface area contributed by atoms with Crippen LogP contribution in [0.3, 0.4) is 0 Å². The molecule has 1 fully saturated rings. The standard InChI is InChI=1S/C25H24N2OS2/c1-15-8-6-9-16(2)22(15)26-25-27(23-17(3)10-7-11-18(23)4)24(28)21(30-25)14-20-13-12-19(5)29-20/h6-14H,1-5H3/b21-14+,26-25?. The minimum absolute atomic E-state index is 0.0200. The van der Waals surface area contributed by atoms with Crippen molar-refractivity contribution in [3.63, 3.8) is 0 Å². The summed E-state index contributed by atoms with van der Waals surface area (Å²) in [5, 5.41) is 0.703. The monoisotopic (exact) mass is 432 g/mol. The van der Waals surface area contributed by atoms with Crippen LogP contribution in [0.5, 0.6) is 0 Å². The predicted molar refractivity (Wildman–Crippen MR) is 131 cm³/mol. The van der Waals surface area contributed by atoms with Crippen LogP contribution in [0.1, 0.15) is 32.0 Å². The molecule has 0 radical (unpaired) electrons. The van der Waals surface area contributed by atoms with Crippen molar-refractivity contribution in [3.8, 4) is 0 Å². The zero-order chi connectivity index (χ0) is 21.4. The molecule has 0 N–H and O–H groups in total. The maximum Gasteiger partial charge on any atom is 0.271 e. The van der Waals surface area contributed by atoms with Gasteiger partial charge in [-0.05, 0) is 86.8 Å². The average Bonchev–Trinajstić information content (AvgIpc) is 3.23. The van der Waals surface area contributed by atoms with E-state index in [1.54, 1.807) is 16.2 Å². The molecule has 1 amide bonds. The van der Waals surface area contributed by atoms with E-state index < -0.39 is 0 Å². The molecule has 0 unspecified atom stereocenters. The fraction of sp³-hybridized carbons (Fsp3) is 0.200. The van der Waals surface area contributed by atoms with Crippen molar-refractivity contribution in [1.29, 1.82) is 0 Å². The molecule has 3 nitrogen and oxygen atoms in total. The topological polar surface area (TPSA) is 32.7 Å². The summed E-state index contributed by atoms with van der Waals surface area (Å²) in [6.45, 7) is 10.3. The Kier molecular flexibility index (Phi) is 5.67. The minimum atomic E-state index is -0.0200. The molecule has 0 aliphatic carbocycles. The fourth-order valence-electron chi connectivity index (χ4n) is 3.64. The lowest BCUT2D eigenvalue weighted by molar-refractivity contribution is -0.113. The molecule has 2 heterocycles. The van der Waals surface area contributed by atoms with Gasteiger partial charge in [-0.3, -0.25) is 9.69 Å². The summed E-state index contributed by atoms with van der Waals surface area (Å²) < 4.78 is 0. The third kappa shape index (κ3) is 3.87. The third-order valence-electron chi connectivity index (χ3n) is 5.15. The number of thioether (sulfide) groups is 1. The largest absolute Gasteiger partial charge is 0.271 e. The molecule has 4 rings (SSSR count). The van der Waals surface area contributed by atoms with Gasteiger partial charge in [-0.1, -0.05) is 36.4 Å². The second-order valence-electron chi connectivity index (χ2n) is 7.57. The van der Waals surface area contributed by atoms with Gasteiger partial charge in [0.25, 0.3) is 5.91 Å². The van der Waals surface area contributed by atoms with E-state index in [2.05, 4.69) is 45.0 Å². The Morgan fingerprint density at radius 2 is 1.43 bits per heavy atom. The fourth-order valence-corrected chi connectivity index (χ4v) is 5.50. The molecule has 0 saturated carbocycles. The molecule has 0 spiro atoms. The predicted octanol–water partition coefficient (Wildman–Crippen LogP) is 7.10. The molecule has 152 valence electrons. The molecule has 3 aromatic rings. The Bertz CT molecular complexity index is 1160. The Labute approximate surface area is 186 Å². The number of thiophene rings is 1. The summed E-state index contributed by atoms with van der Waals surface area (Å²) in [7, 11) is 0. The number of aliphatic imine (C=N–C) groups is 1. The van der Waals surface area contributed by atoms with Crippen LogP contribution in [0.2, 0.25) is 0 Å². The number of amidine groups is 1. The van der Waals surface area contributed by atoms with Crippen LogP contribution in [0.25, 0.3) is 6.08 Å². The third-order valence-corrected chi connectivity index (χ3v) is 7.07. The number of rotatable bonds is 3. The lowest BCUT2D eigenvalue weighted by atomic mass is 10.1. The first-order valence-electron chi connectivity index (χ1n) is 9.86. The minimum Gasteiger partial charge on any atom is -0.268 e. The number of nitrogens with zero attached hydrogens (tertiary/aromatic N) is 2. The SMILES string of the molecule is Cc1ccc(/C=C2/SC(=Nc3c(C)cccc3C)N(c3c(C)cccc3C)C2=O)s1. The highest BCUT2D eigenvalue weighted by molar-refractivity contribution is 8.19. The summed E-state index contributed by atoms with van der Waals surface area (Å²) in [5.74, 6) is -0.0200. The molecule has 5 heteroatoms. The quantitative estimate of drug-likeness (QED) is 0.414. The lowest BCUT2D eigenvalue weighted by Crippen LogP contribution is -2.30. The molecular weight excluding hydrogens is 408 g/mol. The van der Waals surface area contributed by atoms with Gasteiger partial charge in [0.1, 0.15) is 0 Å². The van der Waals surface area contributed by atoms with Crippen molar-refractivity contribution < 1.29 is 4.79 Å². The van der Waals surface area contributed by atoms with Crippen molar-refractivity contribution in [3.05, 3.63) is 85.4 Å². The highest BCUT2D eigenvalue weighted by Gasteiger charge is 2.36. The Hall–Kier alpha value is -2.63. The highest BCUT2D eigenvalue weighted by Crippen LogP contribution is 2.41. The normalized spacial score (nSPS) is 16.8. The van der Waals surface area contributed by atoms with Crippen LogP contribution in [-0.4, -0.2) is 11.1 Å². The van der Waals surface area contributed by atoms with Crippen LogP contribution in [0.4, 0.5) is 11.4 Å². The molecule has 1 aliphatic heterocycles. The first-order chi connectivity index (χ1) is 14.3. The van der Waals surface area contributed by atoms with Crippen molar-refractivity contribution >= 4 is 51.6 Å². The molecule has 0 atom stereocenters. The molecule has 2 aromatic carbocycles. The van der Waals surface area contributed by atoms with Crippen molar-refractivity contribution in [2.75, 3.05) is 4.90 Å². The number of benzene rings is 2. The maximum absolute atomic E-state index is 13.6. The van der Waals surface area contributed by atoms with Crippen molar-refractivity contribution in [1.82, 2.24) is 0 Å². The van der Waals surface area contributed by atoms with Gasteiger partial charge >= 0.3 is 0 Å². The number of aryl methyl sites for hydroxylation is 5. The van der Waals surface area contributed by atoms with Crippen molar-refractivity contribution in [2.24, 2.45) is 4.99 Å². The van der Waals surface area contributed by atoms with E-state index in [-0.39, 0.29) is 5.91 Å². The summed E-state index contributed by atoms with van der Waals surface area (Å²) >= 11 is 3.14. The summed E-state index contributed by atoms with van der Waals surface area (Å²) in [5.41, 5.74) is 6.17. The van der Waals surface area contributed by atoms with Crippen LogP contribution < -0.4 is 4.90 Å². The molecule has 1 aromatic heterocycles. The number of carbonyl (C=O) groups excluding carboxylic acids is 1. The van der Waals surface area contributed by atoms with Gasteiger partial charge in [0, 0.05) is 9.75 Å². The van der Waals surface area contributed by atoms with Gasteiger partial charge in [-0.2, -0.15) is 0 Å². The van der Waals surface area contributed by atoms with E-state index in [1.165, 1.54) is 16.6 Å². The number of hydrogen-bond donors (Lipinski definition) is 0. The van der Waals surface area contributed by atoms with Crippen molar-refractivity contribution in [2.45, 2.75) is 34.6 Å². The van der Waals surface area contributed by atoms with Crippen LogP contribution >= 0.6 is 23.1 Å². The summed E-state index contributed by atoms with van der Waals surface area (Å²) in [6.07, 6.45) is 1.98. The lowest BCUT2D eigenvalue weighted by Gasteiger charge is -2.21. The van der Waals surface area contributed by atoms with E-state index >= 15 is 0 Å². The van der Waals surface area contributed by atoms with Gasteiger partial charge in [0.05, 0.1) is 16.3 Å². The first-order valence-corrected chi connectivity index (χ1v) is 11.5. The van der Waals surface area contributed by atoms with Gasteiger partial charge in [0.2, 0.25) is 0 Å². The van der Waals surface area contributed by atoms with Gasteiger partial charge in [0.15, 0.2) is 5.17 Å². The number of amides is 1. The van der Waals surface area contributed by atoms with Gasteiger partial charge in [-0.15, -0.1) is 11.3 Å². The number of carbonyl (C=O) groups is 1. The van der Waals surface area contributed by atoms with Gasteiger partial charge in [-0.25, -0.2) is 4.99 Å². The molecule has 0 bridgehead atoms. The number of para-hydroxylation sites is 2. The summed E-state index contributed by atoms with van der Waals surface area (Å²) in [4.78, 5) is 23.3. The van der Waals surface area contributed by atoms with E-state index in [9.17, 15) is 4.79 Å². The molecule has 30 heavy (non-hydrogen) atoms. The molecule has 1 aliphatic rings. The second-order valence-corrected chi connectivity index (χ2v) is 9.90. The molecular formula is C25H24N2OS2. The van der Waals surface area contributed by atoms with Crippen LogP contribution in [0, 0.1) is 34.6 Å². The maximum atomic E-state index is 13.6. The van der Waals surface area contributed by atoms with E-state index in [0.29, 0.717) is 10.1 Å². The Balaban J connectivity index is 1.88. The van der Waals surface area contributed by atoms with Gasteiger partial charge < -0.3 is 0 Å². The second kappa shape index (κ2) is 8.25. The zero-order valence-corrected chi connectivity index (χ0v) is 19.4. The average molecular weight is 433 g/mol. The van der Waals surface area contributed by atoms with E-state index in [0.717, 1.165) is 38.5 Å². The zero-order valence-electron chi connectivity index (χ0n) is 17.8. The first kappa shape index (κ1) is 20.6. The van der Waals surface area contributed by atoms with Crippen LogP contribution in [0.15, 0.2) is 58.4 Å².